The average molecular weight is 526 g/mol. The molecule has 2 aromatic heterocycles. The Morgan fingerprint density at radius 2 is 0.927 bits per heavy atom. The van der Waals surface area contributed by atoms with Crippen molar-refractivity contribution in [3.63, 3.8) is 0 Å². The van der Waals surface area contributed by atoms with Gasteiger partial charge in [0.2, 0.25) is 0 Å². The van der Waals surface area contributed by atoms with Crippen LogP contribution in [0.2, 0.25) is 0 Å². The molecule has 4 heteroatoms. The Kier molecular flexibility index (Phi) is 5.42. The first-order valence-electron chi connectivity index (χ1n) is 13.6. The minimum absolute atomic E-state index is 0.613. The molecule has 0 aliphatic rings. The lowest BCUT2D eigenvalue weighted by Gasteiger charge is -2.09. The fraction of sp³-hybridized carbons (Fsp3) is 0. The van der Waals surface area contributed by atoms with E-state index in [1.165, 1.54) is 10.8 Å². The van der Waals surface area contributed by atoms with E-state index in [4.69, 9.17) is 19.4 Å². The van der Waals surface area contributed by atoms with E-state index in [9.17, 15) is 0 Å². The standard InChI is InChI=1S/C37H23N3O/c1-3-13-25(14-4-1)35-38-36(26-15-5-2-6-16-26)40-37(39-35)31-22-11-23-32-33(31)30-21-10-20-29(34(30)41-32)28-19-9-17-24-12-7-8-18-27(24)28/h1-23H. The monoisotopic (exact) mass is 525 g/mol. The quantitative estimate of drug-likeness (QED) is 0.230. The summed E-state index contributed by atoms with van der Waals surface area (Å²) in [5, 5.41) is 4.42. The number of rotatable bonds is 4. The Bertz CT molecular complexity index is 2140. The third-order valence-electron chi connectivity index (χ3n) is 7.54. The van der Waals surface area contributed by atoms with Crippen molar-refractivity contribution in [1.82, 2.24) is 15.0 Å². The van der Waals surface area contributed by atoms with E-state index in [2.05, 4.69) is 66.7 Å². The maximum absolute atomic E-state index is 6.61. The van der Waals surface area contributed by atoms with Gasteiger partial charge in [-0.05, 0) is 22.4 Å². The van der Waals surface area contributed by atoms with E-state index in [0.717, 1.165) is 49.8 Å². The molecule has 0 aliphatic heterocycles. The summed E-state index contributed by atoms with van der Waals surface area (Å²) in [5.74, 6) is 1.88. The Morgan fingerprint density at radius 1 is 0.390 bits per heavy atom. The highest BCUT2D eigenvalue weighted by molar-refractivity contribution is 6.16. The smallest absolute Gasteiger partial charge is 0.164 e. The second-order valence-corrected chi connectivity index (χ2v) is 10.0. The highest BCUT2D eigenvalue weighted by Crippen LogP contribution is 2.41. The van der Waals surface area contributed by atoms with Crippen molar-refractivity contribution in [1.29, 1.82) is 0 Å². The van der Waals surface area contributed by atoms with Gasteiger partial charge in [0.05, 0.1) is 0 Å². The lowest BCUT2D eigenvalue weighted by Crippen LogP contribution is -2.00. The summed E-state index contributed by atoms with van der Waals surface area (Å²) in [5.41, 5.74) is 6.65. The van der Waals surface area contributed by atoms with Gasteiger partial charge in [-0.15, -0.1) is 0 Å². The van der Waals surface area contributed by atoms with Crippen LogP contribution in [0.1, 0.15) is 0 Å². The molecule has 0 bridgehead atoms. The summed E-state index contributed by atoms with van der Waals surface area (Å²) >= 11 is 0. The van der Waals surface area contributed by atoms with Crippen LogP contribution in [0.4, 0.5) is 0 Å². The number of hydrogen-bond acceptors (Lipinski definition) is 4. The molecule has 8 rings (SSSR count). The molecule has 0 saturated carbocycles. The summed E-state index contributed by atoms with van der Waals surface area (Å²) in [6, 6.07) is 47.4. The molecule has 0 saturated heterocycles. The van der Waals surface area contributed by atoms with Crippen LogP contribution in [0.25, 0.3) is 78.0 Å². The zero-order chi connectivity index (χ0) is 27.2. The van der Waals surface area contributed by atoms with Gasteiger partial charge in [-0.2, -0.15) is 0 Å². The Morgan fingerprint density at radius 3 is 1.68 bits per heavy atom. The fourth-order valence-electron chi connectivity index (χ4n) is 5.64. The van der Waals surface area contributed by atoms with Gasteiger partial charge in [-0.1, -0.05) is 133 Å². The van der Waals surface area contributed by atoms with Crippen molar-refractivity contribution in [3.8, 4) is 45.3 Å². The first kappa shape index (κ1) is 23.3. The van der Waals surface area contributed by atoms with E-state index in [1.807, 2.05) is 72.8 Å². The predicted octanol–water partition coefficient (Wildman–Crippen LogP) is 9.59. The van der Waals surface area contributed by atoms with Gasteiger partial charge in [0.25, 0.3) is 0 Å². The third-order valence-corrected chi connectivity index (χ3v) is 7.54. The molecule has 0 N–H and O–H groups in total. The number of furan rings is 1. The molecule has 4 nitrogen and oxygen atoms in total. The molecule has 192 valence electrons. The zero-order valence-corrected chi connectivity index (χ0v) is 22.0. The molecule has 0 atom stereocenters. The highest BCUT2D eigenvalue weighted by Gasteiger charge is 2.19. The van der Waals surface area contributed by atoms with Crippen LogP contribution >= 0.6 is 0 Å². The van der Waals surface area contributed by atoms with Gasteiger partial charge in [-0.3, -0.25) is 0 Å². The van der Waals surface area contributed by atoms with E-state index >= 15 is 0 Å². The molecule has 2 heterocycles. The van der Waals surface area contributed by atoms with Crippen molar-refractivity contribution in [2.45, 2.75) is 0 Å². The first-order valence-corrected chi connectivity index (χ1v) is 13.6. The molecule has 6 aromatic carbocycles. The van der Waals surface area contributed by atoms with Crippen molar-refractivity contribution >= 4 is 32.7 Å². The largest absolute Gasteiger partial charge is 0.455 e. The molecule has 0 unspecified atom stereocenters. The van der Waals surface area contributed by atoms with Crippen LogP contribution in [-0.2, 0) is 0 Å². The van der Waals surface area contributed by atoms with Crippen LogP contribution in [0.3, 0.4) is 0 Å². The molecule has 0 spiro atoms. The zero-order valence-electron chi connectivity index (χ0n) is 22.0. The number of nitrogens with zero attached hydrogens (tertiary/aromatic N) is 3. The molecule has 0 fully saturated rings. The van der Waals surface area contributed by atoms with E-state index in [0.29, 0.717) is 17.5 Å². The maximum Gasteiger partial charge on any atom is 0.164 e. The Labute approximate surface area is 236 Å². The van der Waals surface area contributed by atoms with E-state index < -0.39 is 0 Å². The summed E-state index contributed by atoms with van der Waals surface area (Å²) < 4.78 is 6.61. The minimum Gasteiger partial charge on any atom is -0.455 e. The van der Waals surface area contributed by atoms with E-state index in [-0.39, 0.29) is 0 Å². The highest BCUT2D eigenvalue weighted by atomic mass is 16.3. The SMILES string of the molecule is c1ccc(-c2nc(-c3ccccc3)nc(-c3cccc4oc5c(-c6cccc7ccccc67)cccc5c34)n2)cc1. The number of benzene rings is 6. The van der Waals surface area contributed by atoms with Crippen LogP contribution in [0.5, 0.6) is 0 Å². The summed E-state index contributed by atoms with van der Waals surface area (Å²) in [7, 11) is 0. The molecule has 0 amide bonds. The molecule has 0 aliphatic carbocycles. The van der Waals surface area contributed by atoms with Crippen LogP contribution in [0, 0.1) is 0 Å². The van der Waals surface area contributed by atoms with Crippen LogP contribution < -0.4 is 0 Å². The molecule has 41 heavy (non-hydrogen) atoms. The predicted molar refractivity (Wildman–Crippen MR) is 166 cm³/mol. The summed E-state index contributed by atoms with van der Waals surface area (Å²) in [4.78, 5) is 14.9. The molecule has 0 radical (unpaired) electrons. The van der Waals surface area contributed by atoms with Gasteiger partial charge >= 0.3 is 0 Å². The van der Waals surface area contributed by atoms with Crippen molar-refractivity contribution in [2.75, 3.05) is 0 Å². The summed E-state index contributed by atoms with van der Waals surface area (Å²) in [6.45, 7) is 0. The topological polar surface area (TPSA) is 51.8 Å². The van der Waals surface area contributed by atoms with E-state index in [1.54, 1.807) is 0 Å². The van der Waals surface area contributed by atoms with Crippen molar-refractivity contribution < 1.29 is 4.42 Å². The number of para-hydroxylation sites is 1. The average Bonchev–Trinajstić information content (AvgIpc) is 3.44. The molecular formula is C37H23N3O. The second-order valence-electron chi connectivity index (χ2n) is 10.0. The lowest BCUT2D eigenvalue weighted by atomic mass is 9.96. The number of hydrogen-bond donors (Lipinski definition) is 0. The molecule has 8 aromatic rings. The third kappa shape index (κ3) is 3.97. The minimum atomic E-state index is 0.613. The van der Waals surface area contributed by atoms with Crippen LogP contribution in [0.15, 0.2) is 144 Å². The molecular weight excluding hydrogens is 502 g/mol. The maximum atomic E-state index is 6.61. The first-order chi connectivity index (χ1) is 20.3. The van der Waals surface area contributed by atoms with Gasteiger partial charge < -0.3 is 4.42 Å². The van der Waals surface area contributed by atoms with Gasteiger partial charge in [0, 0.05) is 33.0 Å². The van der Waals surface area contributed by atoms with Crippen LogP contribution in [-0.4, -0.2) is 15.0 Å². The number of fused-ring (bicyclic) bond motifs is 4. The van der Waals surface area contributed by atoms with Gasteiger partial charge in [0.1, 0.15) is 11.2 Å². The summed E-state index contributed by atoms with van der Waals surface area (Å²) in [6.07, 6.45) is 0. The van der Waals surface area contributed by atoms with Crippen molar-refractivity contribution in [3.05, 3.63) is 140 Å². The Balaban J connectivity index is 1.39. The van der Waals surface area contributed by atoms with Crippen molar-refractivity contribution in [2.24, 2.45) is 0 Å². The number of aromatic nitrogens is 3. The fourth-order valence-corrected chi connectivity index (χ4v) is 5.64. The normalized spacial score (nSPS) is 11.4. The second kappa shape index (κ2) is 9.54. The lowest BCUT2D eigenvalue weighted by molar-refractivity contribution is 0.670. The Hall–Kier alpha value is -5.61. The van der Waals surface area contributed by atoms with Gasteiger partial charge in [0.15, 0.2) is 17.5 Å². The van der Waals surface area contributed by atoms with Gasteiger partial charge in [-0.25, -0.2) is 15.0 Å².